The molecule has 2 rings (SSSR count). The second-order valence-electron chi connectivity index (χ2n) is 8.11. The fraction of sp³-hybridized carbons (Fsp3) is 0.455. The van der Waals surface area contributed by atoms with Crippen LogP contribution in [0, 0.1) is 5.82 Å². The van der Waals surface area contributed by atoms with Gasteiger partial charge in [0.25, 0.3) is 0 Å². The lowest BCUT2D eigenvalue weighted by Crippen LogP contribution is -2.43. The molecule has 0 aliphatic carbocycles. The number of anilines is 1. The number of nitrogens with one attached hydrogen (secondary N) is 1. The van der Waals surface area contributed by atoms with E-state index in [0.717, 1.165) is 24.6 Å². The Hall–Kier alpha value is -3.02. The van der Waals surface area contributed by atoms with Crippen molar-refractivity contribution in [1.82, 2.24) is 15.2 Å². The van der Waals surface area contributed by atoms with E-state index in [1.807, 2.05) is 0 Å². The van der Waals surface area contributed by atoms with Crippen molar-refractivity contribution in [3.8, 4) is 5.75 Å². The number of benzene rings is 1. The molecule has 0 aliphatic rings. The van der Waals surface area contributed by atoms with E-state index < -0.39 is 23.6 Å². The lowest BCUT2D eigenvalue weighted by Gasteiger charge is -2.17. The number of hydrogen-bond acceptors (Lipinski definition) is 8. The molecule has 0 radical (unpaired) electrons. The first kappa shape index (κ1) is 26.2. The highest BCUT2D eigenvalue weighted by atomic mass is 19.2. The molecule has 11 heteroatoms. The van der Waals surface area contributed by atoms with Gasteiger partial charge >= 0.3 is 0 Å². The van der Waals surface area contributed by atoms with Crippen molar-refractivity contribution in [2.45, 2.75) is 51.4 Å². The van der Waals surface area contributed by atoms with Crippen LogP contribution >= 0.6 is 0 Å². The minimum absolute atomic E-state index is 0.0712. The van der Waals surface area contributed by atoms with Crippen molar-refractivity contribution >= 4 is 18.0 Å². The molecule has 1 aromatic carbocycles. The lowest BCUT2D eigenvalue weighted by molar-refractivity contribution is -0.115. The lowest BCUT2D eigenvalue weighted by atomic mass is 10.1. The van der Waals surface area contributed by atoms with Gasteiger partial charge < -0.3 is 20.6 Å². The van der Waals surface area contributed by atoms with Crippen molar-refractivity contribution < 1.29 is 23.1 Å². The molecule has 1 atom stereocenters. The van der Waals surface area contributed by atoms with Crippen LogP contribution in [0.15, 0.2) is 30.3 Å². The van der Waals surface area contributed by atoms with Crippen LogP contribution in [-0.2, 0) is 22.4 Å². The predicted molar refractivity (Wildman–Crippen MR) is 119 cm³/mol. The molecule has 0 aliphatic heterocycles. The molecule has 1 aromatic heterocycles. The van der Waals surface area contributed by atoms with Gasteiger partial charge in [-0.2, -0.15) is 9.49 Å². The van der Waals surface area contributed by atoms with Crippen molar-refractivity contribution in [2.75, 3.05) is 18.4 Å². The van der Waals surface area contributed by atoms with Crippen molar-refractivity contribution in [3.63, 3.8) is 0 Å². The molecule has 0 fully saturated rings. The Balaban J connectivity index is 1.81. The van der Waals surface area contributed by atoms with E-state index in [4.69, 9.17) is 16.3 Å². The fourth-order valence-corrected chi connectivity index (χ4v) is 2.98. The fourth-order valence-electron chi connectivity index (χ4n) is 2.98. The predicted octanol–water partition coefficient (Wildman–Crippen LogP) is 1.91. The van der Waals surface area contributed by atoms with Gasteiger partial charge in [0.05, 0.1) is 18.2 Å². The highest BCUT2D eigenvalue weighted by molar-refractivity contribution is 5.91. The summed E-state index contributed by atoms with van der Waals surface area (Å²) in [5, 5.41) is 12.1. The number of halogens is 2. The standard InChI is InChI=1S/C22H30F2N6O3/c1-22(2,24)33-18-7-8-19(23)15(11-18)12-21(32)27-20-9-6-17(28-29-20)5-3-4-10-30(26)13-16(25)14-31/h6-9,11,14,16H,3-5,10,12-13,25-26H2,1-2H3,(H,27,29,32). The number of alkyl halides is 1. The summed E-state index contributed by atoms with van der Waals surface area (Å²) in [5.74, 6) is 3.11. The van der Waals surface area contributed by atoms with Crippen LogP contribution in [0.25, 0.3) is 0 Å². The molecule has 1 unspecified atom stereocenters. The van der Waals surface area contributed by atoms with Gasteiger partial charge in [-0.05, 0) is 49.6 Å². The van der Waals surface area contributed by atoms with E-state index in [-0.39, 0.29) is 23.6 Å². The molecular formula is C22H30F2N6O3. The highest BCUT2D eigenvalue weighted by Crippen LogP contribution is 2.23. The molecule has 1 amide bonds. The summed E-state index contributed by atoms with van der Waals surface area (Å²) in [4.78, 5) is 22.8. The quantitative estimate of drug-likeness (QED) is 0.177. The Kier molecular flexibility index (Phi) is 9.76. The van der Waals surface area contributed by atoms with E-state index in [1.165, 1.54) is 31.0 Å². The maximum absolute atomic E-state index is 14.0. The number of hydrogen-bond donors (Lipinski definition) is 3. The molecule has 0 bridgehead atoms. The second-order valence-corrected chi connectivity index (χ2v) is 8.11. The Morgan fingerprint density at radius 3 is 2.67 bits per heavy atom. The molecule has 180 valence electrons. The summed E-state index contributed by atoms with van der Waals surface area (Å²) in [6.45, 7) is 3.34. The van der Waals surface area contributed by atoms with Crippen molar-refractivity contribution in [3.05, 3.63) is 47.4 Å². The highest BCUT2D eigenvalue weighted by Gasteiger charge is 2.18. The van der Waals surface area contributed by atoms with Gasteiger partial charge in [-0.1, -0.05) is 0 Å². The number of nitrogens with zero attached hydrogens (tertiary/aromatic N) is 3. The van der Waals surface area contributed by atoms with Crippen LogP contribution < -0.4 is 21.6 Å². The summed E-state index contributed by atoms with van der Waals surface area (Å²) in [6, 6.07) is 6.47. The molecular weight excluding hydrogens is 434 g/mol. The zero-order chi connectivity index (χ0) is 24.4. The zero-order valence-corrected chi connectivity index (χ0v) is 18.8. The first-order valence-corrected chi connectivity index (χ1v) is 10.5. The number of aldehydes is 1. The molecule has 2 aromatic rings. The van der Waals surface area contributed by atoms with Crippen LogP contribution in [0.1, 0.15) is 37.9 Å². The van der Waals surface area contributed by atoms with E-state index in [0.29, 0.717) is 25.8 Å². The average Bonchev–Trinajstić information content (AvgIpc) is 2.73. The maximum Gasteiger partial charge on any atom is 0.242 e. The Labute approximate surface area is 191 Å². The van der Waals surface area contributed by atoms with Gasteiger partial charge in [-0.25, -0.2) is 9.40 Å². The number of nitrogens with two attached hydrogens (primary N) is 2. The van der Waals surface area contributed by atoms with Crippen molar-refractivity contribution in [2.24, 2.45) is 11.6 Å². The summed E-state index contributed by atoms with van der Waals surface area (Å²) >= 11 is 0. The molecule has 1 heterocycles. The Bertz CT molecular complexity index is 921. The van der Waals surface area contributed by atoms with Crippen LogP contribution in [0.4, 0.5) is 14.6 Å². The summed E-state index contributed by atoms with van der Waals surface area (Å²) in [5.41, 5.74) is 6.33. The summed E-state index contributed by atoms with van der Waals surface area (Å²) in [7, 11) is 0. The summed E-state index contributed by atoms with van der Waals surface area (Å²) < 4.78 is 32.8. The second kappa shape index (κ2) is 12.3. The number of amides is 1. The van der Waals surface area contributed by atoms with Crippen LogP contribution in [0.5, 0.6) is 5.75 Å². The molecule has 0 saturated heterocycles. The normalized spacial score (nSPS) is 12.5. The SMILES string of the molecule is CC(C)(F)Oc1ccc(F)c(CC(=O)Nc2ccc(CCCCN(N)CC(N)C=O)nn2)c1. The molecule has 9 nitrogen and oxygen atoms in total. The third kappa shape index (κ3) is 9.98. The minimum atomic E-state index is -1.93. The number of rotatable bonds is 13. The third-order valence-corrected chi connectivity index (χ3v) is 4.46. The topological polar surface area (TPSA) is 136 Å². The zero-order valence-electron chi connectivity index (χ0n) is 18.8. The van der Waals surface area contributed by atoms with Gasteiger partial charge in [0, 0.05) is 32.5 Å². The number of carbonyl (C=O) groups excluding carboxylic acids is 2. The minimum Gasteiger partial charge on any atom is -0.459 e. The largest absolute Gasteiger partial charge is 0.459 e. The first-order valence-electron chi connectivity index (χ1n) is 10.5. The van der Waals surface area contributed by atoms with E-state index >= 15 is 0 Å². The summed E-state index contributed by atoms with van der Waals surface area (Å²) in [6.07, 6.45) is 2.64. The number of aromatic nitrogens is 2. The number of unbranched alkanes of at least 4 members (excludes halogenated alkanes) is 1. The number of aryl methyl sites for hydroxylation is 1. The van der Waals surface area contributed by atoms with Crippen molar-refractivity contribution in [1.29, 1.82) is 0 Å². The molecule has 33 heavy (non-hydrogen) atoms. The first-order chi connectivity index (χ1) is 15.6. The van der Waals surface area contributed by atoms with Gasteiger partial charge in [-0.3, -0.25) is 10.6 Å². The Morgan fingerprint density at radius 2 is 2.03 bits per heavy atom. The van der Waals surface area contributed by atoms with Crippen LogP contribution in [-0.4, -0.2) is 52.4 Å². The smallest absolute Gasteiger partial charge is 0.242 e. The van der Waals surface area contributed by atoms with E-state index in [1.54, 1.807) is 12.1 Å². The van der Waals surface area contributed by atoms with Gasteiger partial charge in [0.2, 0.25) is 11.8 Å². The Morgan fingerprint density at radius 1 is 1.27 bits per heavy atom. The molecule has 0 spiro atoms. The van der Waals surface area contributed by atoms with Gasteiger partial charge in [-0.15, -0.1) is 5.10 Å². The van der Waals surface area contributed by atoms with Gasteiger partial charge in [0.15, 0.2) is 5.82 Å². The third-order valence-electron chi connectivity index (χ3n) is 4.46. The van der Waals surface area contributed by atoms with Gasteiger partial charge in [0.1, 0.15) is 17.9 Å². The van der Waals surface area contributed by atoms with E-state index in [2.05, 4.69) is 15.5 Å². The van der Waals surface area contributed by atoms with E-state index in [9.17, 15) is 18.4 Å². The number of carbonyl (C=O) groups is 2. The average molecular weight is 465 g/mol. The van der Waals surface area contributed by atoms with Crippen LogP contribution in [0.3, 0.4) is 0 Å². The number of ether oxygens (including phenoxy) is 1. The maximum atomic E-state index is 14.0. The molecule has 0 saturated carbocycles. The monoisotopic (exact) mass is 464 g/mol. The number of hydrazine groups is 1. The van der Waals surface area contributed by atoms with Crippen LogP contribution in [0.2, 0.25) is 0 Å². The molecule has 5 N–H and O–H groups in total.